The second-order valence-electron chi connectivity index (χ2n) is 6.83. The zero-order valence-electron chi connectivity index (χ0n) is 16.7. The number of aliphatic hydroxyl groups is 2. The van der Waals surface area contributed by atoms with Gasteiger partial charge in [0.1, 0.15) is 0 Å². The lowest BCUT2D eigenvalue weighted by molar-refractivity contribution is 0.281. The molecule has 0 fully saturated rings. The molecule has 0 spiro atoms. The van der Waals surface area contributed by atoms with Crippen LogP contribution in [-0.4, -0.2) is 66.3 Å². The zero-order valence-corrected chi connectivity index (χ0v) is 17.5. The van der Waals surface area contributed by atoms with Crippen LogP contribution in [0.5, 0.6) is 0 Å². The second kappa shape index (κ2) is 11.2. The molecule has 1 aliphatic heterocycles. The van der Waals surface area contributed by atoms with Gasteiger partial charge in [0.2, 0.25) is 0 Å². The van der Waals surface area contributed by atoms with E-state index in [0.29, 0.717) is 32.5 Å². The monoisotopic (exact) mass is 422 g/mol. The van der Waals surface area contributed by atoms with E-state index in [1.807, 2.05) is 60.4 Å². The van der Waals surface area contributed by atoms with E-state index < -0.39 is 15.5 Å². The van der Waals surface area contributed by atoms with E-state index >= 15 is 0 Å². The highest BCUT2D eigenvalue weighted by molar-refractivity contribution is 7.86. The van der Waals surface area contributed by atoms with E-state index in [9.17, 15) is 13.0 Å². The minimum absolute atomic E-state index is 0.0237. The van der Waals surface area contributed by atoms with Gasteiger partial charge in [-0.3, -0.25) is 4.55 Å². The molecule has 1 aliphatic rings. The van der Waals surface area contributed by atoms with Crippen LogP contribution in [0.4, 0.5) is 5.69 Å². The molecule has 1 aromatic carbocycles. The van der Waals surface area contributed by atoms with Crippen LogP contribution in [0.25, 0.3) is 6.08 Å². The van der Waals surface area contributed by atoms with Crippen molar-refractivity contribution < 1.29 is 23.2 Å². The summed E-state index contributed by atoms with van der Waals surface area (Å²) in [4.78, 5) is 3.54. The van der Waals surface area contributed by atoms with Gasteiger partial charge in [0.15, 0.2) is 5.37 Å². The summed E-state index contributed by atoms with van der Waals surface area (Å²) >= 11 is 0. The molecule has 0 amide bonds. The molecule has 0 radical (unpaired) electrons. The number of allylic oxidation sites excluding steroid dienone is 3. The van der Waals surface area contributed by atoms with Crippen molar-refractivity contribution in [2.45, 2.75) is 25.1 Å². The van der Waals surface area contributed by atoms with Crippen LogP contribution in [0.1, 0.15) is 25.3 Å². The van der Waals surface area contributed by atoms with E-state index in [0.717, 1.165) is 16.8 Å². The van der Waals surface area contributed by atoms with Gasteiger partial charge in [0.25, 0.3) is 10.1 Å². The Balaban J connectivity index is 2.00. The van der Waals surface area contributed by atoms with Crippen molar-refractivity contribution in [2.24, 2.45) is 0 Å². The molecule has 1 heterocycles. The van der Waals surface area contributed by atoms with Crippen LogP contribution in [0.2, 0.25) is 0 Å². The Bertz CT molecular complexity index is 825. The molecule has 3 N–H and O–H groups in total. The molecule has 1 aromatic rings. The zero-order chi connectivity index (χ0) is 21.3. The SMILES string of the molecule is CCCC(N1C=CC(/C=C/c2ccc(N(CCO)CCO)cc2)=CC1)S(=O)(=O)O. The topological polar surface area (TPSA) is 101 Å². The predicted molar refractivity (Wildman–Crippen MR) is 116 cm³/mol. The fourth-order valence-corrected chi connectivity index (χ4v) is 4.22. The molecular weight excluding hydrogens is 392 g/mol. The molecule has 7 nitrogen and oxygen atoms in total. The number of nitrogens with zero attached hydrogens (tertiary/aromatic N) is 2. The van der Waals surface area contributed by atoms with Gasteiger partial charge >= 0.3 is 0 Å². The maximum Gasteiger partial charge on any atom is 0.286 e. The maximum absolute atomic E-state index is 11.6. The van der Waals surface area contributed by atoms with E-state index in [2.05, 4.69) is 0 Å². The highest BCUT2D eigenvalue weighted by atomic mass is 32.2. The molecule has 0 saturated carbocycles. The van der Waals surface area contributed by atoms with Crippen molar-refractivity contribution in [3.05, 3.63) is 59.8 Å². The molecule has 8 heteroatoms. The van der Waals surface area contributed by atoms with E-state index in [1.165, 1.54) is 0 Å². The number of hydrogen-bond acceptors (Lipinski definition) is 6. The van der Waals surface area contributed by atoms with Crippen LogP contribution in [0.3, 0.4) is 0 Å². The summed E-state index contributed by atoms with van der Waals surface area (Å²) in [6.45, 7) is 3.27. The average molecular weight is 423 g/mol. The number of rotatable bonds is 11. The molecule has 0 aliphatic carbocycles. The Labute approximate surface area is 173 Å². The Hall–Kier alpha value is -2.13. The van der Waals surface area contributed by atoms with Gasteiger partial charge in [0, 0.05) is 31.5 Å². The second-order valence-corrected chi connectivity index (χ2v) is 8.41. The third kappa shape index (κ3) is 7.01. The number of benzene rings is 1. The Kier molecular flexibility index (Phi) is 8.91. The van der Waals surface area contributed by atoms with E-state index in [4.69, 9.17) is 10.2 Å². The molecular formula is C21H30N2O5S. The van der Waals surface area contributed by atoms with Crippen molar-refractivity contribution in [1.29, 1.82) is 0 Å². The molecule has 1 unspecified atom stereocenters. The lowest BCUT2D eigenvalue weighted by Gasteiger charge is -2.29. The molecule has 160 valence electrons. The van der Waals surface area contributed by atoms with Crippen LogP contribution in [-0.2, 0) is 10.1 Å². The summed E-state index contributed by atoms with van der Waals surface area (Å²) < 4.78 is 32.6. The Morgan fingerprint density at radius 1 is 1.14 bits per heavy atom. The number of aliphatic hydroxyl groups excluding tert-OH is 2. The van der Waals surface area contributed by atoms with Crippen LogP contribution in [0, 0.1) is 0 Å². The van der Waals surface area contributed by atoms with Crippen molar-refractivity contribution in [1.82, 2.24) is 4.90 Å². The maximum atomic E-state index is 11.6. The largest absolute Gasteiger partial charge is 0.395 e. The van der Waals surface area contributed by atoms with Gasteiger partial charge < -0.3 is 20.0 Å². The molecule has 1 atom stereocenters. The van der Waals surface area contributed by atoms with Gasteiger partial charge in [-0.15, -0.1) is 0 Å². The van der Waals surface area contributed by atoms with E-state index in [-0.39, 0.29) is 13.2 Å². The van der Waals surface area contributed by atoms with Gasteiger partial charge in [-0.25, -0.2) is 0 Å². The highest BCUT2D eigenvalue weighted by Crippen LogP contribution is 2.20. The summed E-state index contributed by atoms with van der Waals surface area (Å²) in [6, 6.07) is 7.81. The number of hydrogen-bond donors (Lipinski definition) is 3. The first kappa shape index (κ1) is 23.2. The summed E-state index contributed by atoms with van der Waals surface area (Å²) in [6.07, 6.45) is 10.4. The van der Waals surface area contributed by atoms with Gasteiger partial charge in [-0.05, 0) is 35.8 Å². The quantitative estimate of drug-likeness (QED) is 0.470. The summed E-state index contributed by atoms with van der Waals surface area (Å²) in [7, 11) is -4.13. The third-order valence-corrected chi connectivity index (χ3v) is 5.91. The minimum atomic E-state index is -4.13. The highest BCUT2D eigenvalue weighted by Gasteiger charge is 2.27. The lowest BCUT2D eigenvalue weighted by Crippen LogP contribution is -2.38. The van der Waals surface area contributed by atoms with E-state index in [1.54, 1.807) is 11.1 Å². The molecule has 0 aromatic heterocycles. The van der Waals surface area contributed by atoms with Crippen molar-refractivity contribution in [3.63, 3.8) is 0 Å². The van der Waals surface area contributed by atoms with Crippen LogP contribution >= 0.6 is 0 Å². The Morgan fingerprint density at radius 3 is 2.28 bits per heavy atom. The first-order chi connectivity index (χ1) is 13.9. The normalized spacial score (nSPS) is 15.6. The molecule has 0 saturated heterocycles. The molecule has 2 rings (SSSR count). The Morgan fingerprint density at radius 2 is 1.79 bits per heavy atom. The standard InChI is InChI=1S/C21H30N2O5S/c1-2-3-21(29(26,27)28)23-12-10-19(11-13-23)5-4-18-6-8-20(9-7-18)22(14-16-24)15-17-25/h4-12,21,24-25H,2-3,13-17H2,1H3,(H,26,27,28)/b5-4+. The first-order valence-electron chi connectivity index (χ1n) is 9.74. The fraction of sp³-hybridized carbons (Fsp3) is 0.429. The van der Waals surface area contributed by atoms with Crippen LogP contribution in [0.15, 0.2) is 54.3 Å². The number of anilines is 1. The minimum Gasteiger partial charge on any atom is -0.395 e. The third-order valence-electron chi connectivity index (χ3n) is 4.71. The van der Waals surface area contributed by atoms with Crippen molar-refractivity contribution in [3.8, 4) is 0 Å². The van der Waals surface area contributed by atoms with Gasteiger partial charge in [0.05, 0.1) is 13.2 Å². The smallest absolute Gasteiger partial charge is 0.286 e. The average Bonchev–Trinajstić information content (AvgIpc) is 2.70. The lowest BCUT2D eigenvalue weighted by atomic mass is 10.1. The van der Waals surface area contributed by atoms with Gasteiger partial charge in [-0.2, -0.15) is 8.42 Å². The summed E-state index contributed by atoms with van der Waals surface area (Å²) in [5.41, 5.74) is 2.89. The first-order valence-corrected chi connectivity index (χ1v) is 11.2. The van der Waals surface area contributed by atoms with Gasteiger partial charge in [-0.1, -0.05) is 43.7 Å². The summed E-state index contributed by atoms with van der Waals surface area (Å²) in [5, 5.41) is 17.4. The molecule has 0 bridgehead atoms. The van der Waals surface area contributed by atoms with Crippen LogP contribution < -0.4 is 4.90 Å². The molecule has 29 heavy (non-hydrogen) atoms. The summed E-state index contributed by atoms with van der Waals surface area (Å²) in [5.74, 6) is 0. The van der Waals surface area contributed by atoms with Crippen molar-refractivity contribution in [2.75, 3.05) is 37.7 Å². The predicted octanol–water partition coefficient (Wildman–Crippen LogP) is 2.26. The van der Waals surface area contributed by atoms with Crippen molar-refractivity contribution >= 4 is 21.9 Å². The fourth-order valence-electron chi connectivity index (χ4n) is 3.19.